The van der Waals surface area contributed by atoms with Crippen molar-refractivity contribution in [1.29, 1.82) is 0 Å². The van der Waals surface area contributed by atoms with Crippen LogP contribution in [0.15, 0.2) is 24.3 Å². The lowest BCUT2D eigenvalue weighted by Crippen LogP contribution is -2.61. The number of hydrogen-bond acceptors (Lipinski definition) is 9. The third-order valence-corrected chi connectivity index (χ3v) is 9.75. The molecule has 3 aliphatic heterocycles. The number of rotatable bonds is 16. The number of likely N-dealkylation sites (tertiary alicyclic amines) is 1. The first-order chi connectivity index (χ1) is 23.2. The van der Waals surface area contributed by atoms with Gasteiger partial charge in [0.05, 0.1) is 12.1 Å². The number of aliphatic carboxylic acids is 1. The van der Waals surface area contributed by atoms with Crippen molar-refractivity contribution >= 4 is 41.3 Å². The van der Waals surface area contributed by atoms with Gasteiger partial charge in [0.2, 0.25) is 29.5 Å². The number of carbonyl (C=O) groups excluding carboxylic acids is 6. The topological polar surface area (TPSA) is 243 Å². The summed E-state index contributed by atoms with van der Waals surface area (Å²) >= 11 is 0. The first kappa shape index (κ1) is 37.3. The molecule has 0 unspecified atom stereocenters. The van der Waals surface area contributed by atoms with Gasteiger partial charge in [-0.1, -0.05) is 26.0 Å². The molecule has 0 spiro atoms. The zero-order valence-electron chi connectivity index (χ0n) is 28.0. The summed E-state index contributed by atoms with van der Waals surface area (Å²) in [7, 11) is 0. The number of nitrogens with two attached hydrogens (primary N) is 2. The Balaban J connectivity index is 1.47. The predicted molar refractivity (Wildman–Crippen MR) is 175 cm³/mol. The van der Waals surface area contributed by atoms with Gasteiger partial charge in [-0.15, -0.1) is 0 Å². The molecular formula is C34H48N6O9. The first-order valence-electron chi connectivity index (χ1n) is 17.0. The number of primary amides is 1. The highest BCUT2D eigenvalue weighted by atomic mass is 16.4. The van der Waals surface area contributed by atoms with Gasteiger partial charge < -0.3 is 42.1 Å². The van der Waals surface area contributed by atoms with Crippen LogP contribution in [-0.4, -0.2) is 104 Å². The van der Waals surface area contributed by atoms with E-state index in [4.69, 9.17) is 11.5 Å². The Hall–Kier alpha value is -4.53. The van der Waals surface area contributed by atoms with Crippen molar-refractivity contribution in [2.24, 2.45) is 23.3 Å². The van der Waals surface area contributed by atoms with Crippen LogP contribution in [0, 0.1) is 11.8 Å². The number of Topliss-reactive ketones (excluding diaryl/α,β-unsaturated/α-hetero) is 1. The maximum Gasteiger partial charge on any atom is 0.303 e. The number of phenolic OH excluding ortho intramolecular Hbond substituents is 1. The van der Waals surface area contributed by atoms with E-state index in [0.717, 1.165) is 0 Å². The molecule has 49 heavy (non-hydrogen) atoms. The molecule has 3 saturated heterocycles. The molecule has 15 heteroatoms. The van der Waals surface area contributed by atoms with Crippen LogP contribution in [0.4, 0.5) is 0 Å². The third kappa shape index (κ3) is 9.34. The minimum absolute atomic E-state index is 0.0501. The van der Waals surface area contributed by atoms with Crippen molar-refractivity contribution in [3.05, 3.63) is 29.8 Å². The summed E-state index contributed by atoms with van der Waals surface area (Å²) < 4.78 is 0. The number of benzene rings is 1. The van der Waals surface area contributed by atoms with Gasteiger partial charge >= 0.3 is 5.97 Å². The number of fused-ring (bicyclic) bond motifs is 1. The quantitative estimate of drug-likeness (QED) is 0.136. The van der Waals surface area contributed by atoms with Gasteiger partial charge in [-0.25, -0.2) is 0 Å². The molecule has 7 atom stereocenters. The van der Waals surface area contributed by atoms with Crippen molar-refractivity contribution in [3.8, 4) is 5.75 Å². The van der Waals surface area contributed by atoms with Gasteiger partial charge in [-0.05, 0) is 68.6 Å². The number of phenols is 1. The maximum atomic E-state index is 13.9. The number of ketones is 1. The molecule has 0 radical (unpaired) electrons. The fourth-order valence-corrected chi connectivity index (χ4v) is 7.16. The minimum atomic E-state index is -1.20. The van der Waals surface area contributed by atoms with Crippen LogP contribution in [-0.2, 0) is 40.0 Å². The van der Waals surface area contributed by atoms with Crippen LogP contribution in [0.1, 0.15) is 77.2 Å². The van der Waals surface area contributed by atoms with Crippen molar-refractivity contribution in [3.63, 3.8) is 0 Å². The summed E-state index contributed by atoms with van der Waals surface area (Å²) in [5.41, 5.74) is 12.2. The van der Waals surface area contributed by atoms with Gasteiger partial charge in [-0.2, -0.15) is 0 Å². The number of carbonyl (C=O) groups is 7. The Morgan fingerprint density at radius 2 is 1.65 bits per heavy atom. The molecule has 15 nitrogen and oxygen atoms in total. The molecule has 3 heterocycles. The number of carboxylic acids is 1. The fraction of sp³-hybridized carbons (Fsp3) is 0.618. The van der Waals surface area contributed by atoms with E-state index in [9.17, 15) is 43.8 Å². The second-order valence-corrected chi connectivity index (χ2v) is 13.8. The van der Waals surface area contributed by atoms with Crippen molar-refractivity contribution < 1.29 is 43.8 Å². The Labute approximate surface area is 285 Å². The molecule has 0 aromatic heterocycles. The highest BCUT2D eigenvalue weighted by Crippen LogP contribution is 2.33. The highest BCUT2D eigenvalue weighted by Gasteiger charge is 2.48. The SMILES string of the molecule is CC(C)C[C@@H](CC(=O)[C@@H](CCC(=O)O)NC(=O)[C@H]1CC[C@H]2CC[C@@H](NC(=O)[C@@H](Cc3ccc(O)cc3)N3CC[C@H](N)C3=O)C(=O)N21)C(N)=O. The van der Waals surface area contributed by atoms with Crippen LogP contribution in [0.3, 0.4) is 0 Å². The second-order valence-electron chi connectivity index (χ2n) is 13.8. The van der Waals surface area contributed by atoms with Gasteiger partial charge in [0.1, 0.15) is 23.9 Å². The number of aromatic hydroxyl groups is 1. The second kappa shape index (κ2) is 16.2. The maximum absolute atomic E-state index is 13.9. The molecule has 1 aromatic carbocycles. The van der Waals surface area contributed by atoms with E-state index < -0.39 is 77.9 Å². The summed E-state index contributed by atoms with van der Waals surface area (Å²) in [6.07, 6.45) is 1.68. The van der Waals surface area contributed by atoms with Crippen LogP contribution in [0.5, 0.6) is 5.75 Å². The van der Waals surface area contributed by atoms with E-state index in [1.54, 1.807) is 12.1 Å². The van der Waals surface area contributed by atoms with E-state index in [1.807, 2.05) is 13.8 Å². The lowest BCUT2D eigenvalue weighted by Gasteiger charge is -2.39. The predicted octanol–water partition coefficient (Wildman–Crippen LogP) is -0.0425. The normalized spacial score (nSPS) is 23.9. The summed E-state index contributed by atoms with van der Waals surface area (Å²) in [5, 5.41) is 24.4. The number of carboxylic acid groups (broad SMARTS) is 1. The number of nitrogens with zero attached hydrogens (tertiary/aromatic N) is 2. The van der Waals surface area contributed by atoms with Gasteiger partial charge in [-0.3, -0.25) is 33.6 Å². The summed E-state index contributed by atoms with van der Waals surface area (Å²) in [5.74, 6) is -4.98. The number of nitrogens with one attached hydrogen (secondary N) is 2. The number of hydrogen-bond donors (Lipinski definition) is 6. The average Bonchev–Trinajstić information content (AvgIpc) is 3.62. The standard InChI is InChI=1S/C34H48N6O9/c1-18(2)15-20(30(36)45)17-28(42)24(10-12-29(43)44)37-31(46)26-11-6-21-5-9-25(34(49)40(21)26)38-32(47)27(39-14-13-23(35)33(39)48)16-19-3-7-22(41)8-4-19/h3-4,7-8,18,20-21,23-27,41H,5-6,9-17,35H2,1-2H3,(H2,36,45)(H,37,46)(H,38,47)(H,43,44)/t20-,21+,23-,24+,25+,26+,27+/m0/s1. The molecule has 0 aliphatic carbocycles. The van der Waals surface area contributed by atoms with E-state index in [2.05, 4.69) is 10.6 Å². The number of amides is 5. The van der Waals surface area contributed by atoms with Crippen LogP contribution >= 0.6 is 0 Å². The third-order valence-electron chi connectivity index (χ3n) is 9.75. The van der Waals surface area contributed by atoms with E-state index in [1.165, 1.54) is 21.9 Å². The molecule has 3 fully saturated rings. The molecule has 8 N–H and O–H groups in total. The van der Waals surface area contributed by atoms with Crippen LogP contribution < -0.4 is 22.1 Å². The first-order valence-corrected chi connectivity index (χ1v) is 17.0. The molecule has 3 aliphatic rings. The Bertz CT molecular complexity index is 1430. The average molecular weight is 685 g/mol. The van der Waals surface area contributed by atoms with Crippen molar-refractivity contribution in [2.45, 2.75) is 114 Å². The monoisotopic (exact) mass is 684 g/mol. The smallest absolute Gasteiger partial charge is 0.303 e. The molecule has 5 amide bonds. The van der Waals surface area contributed by atoms with Gasteiger partial charge in [0.25, 0.3) is 0 Å². The van der Waals surface area contributed by atoms with Gasteiger partial charge in [0.15, 0.2) is 5.78 Å². The Kier molecular flexibility index (Phi) is 12.4. The molecular weight excluding hydrogens is 636 g/mol. The van der Waals surface area contributed by atoms with Gasteiger partial charge in [0, 0.05) is 37.8 Å². The van der Waals surface area contributed by atoms with Crippen molar-refractivity contribution in [2.75, 3.05) is 6.54 Å². The summed E-state index contributed by atoms with van der Waals surface area (Å²) in [6, 6.07) is 1.17. The highest BCUT2D eigenvalue weighted by molar-refractivity contribution is 5.98. The lowest BCUT2D eigenvalue weighted by atomic mass is 9.89. The van der Waals surface area contributed by atoms with Crippen LogP contribution in [0.2, 0.25) is 0 Å². The molecule has 0 bridgehead atoms. The Morgan fingerprint density at radius 3 is 2.24 bits per heavy atom. The summed E-state index contributed by atoms with van der Waals surface area (Å²) in [4.78, 5) is 93.7. The van der Waals surface area contributed by atoms with Crippen LogP contribution in [0.25, 0.3) is 0 Å². The lowest BCUT2D eigenvalue weighted by molar-refractivity contribution is -0.147. The summed E-state index contributed by atoms with van der Waals surface area (Å²) in [6.45, 7) is 4.02. The van der Waals surface area contributed by atoms with E-state index in [0.29, 0.717) is 44.1 Å². The minimum Gasteiger partial charge on any atom is -0.508 e. The van der Waals surface area contributed by atoms with E-state index >= 15 is 0 Å². The van der Waals surface area contributed by atoms with Crippen molar-refractivity contribution in [1.82, 2.24) is 20.4 Å². The zero-order valence-corrected chi connectivity index (χ0v) is 28.0. The number of piperidine rings is 1. The Morgan fingerprint density at radius 1 is 0.980 bits per heavy atom. The molecule has 1 aromatic rings. The zero-order chi connectivity index (χ0) is 36.0. The molecule has 268 valence electrons. The molecule has 0 saturated carbocycles. The fourth-order valence-electron chi connectivity index (χ4n) is 7.16. The molecule has 4 rings (SSSR count). The van der Waals surface area contributed by atoms with E-state index in [-0.39, 0.29) is 49.4 Å². The largest absolute Gasteiger partial charge is 0.508 e.